The van der Waals surface area contributed by atoms with Crippen molar-refractivity contribution in [2.45, 2.75) is 19.4 Å². The van der Waals surface area contributed by atoms with Gasteiger partial charge in [-0.15, -0.1) is 0 Å². The molecule has 94 valence electrons. The van der Waals surface area contributed by atoms with Gasteiger partial charge in [0, 0.05) is 6.07 Å². The minimum atomic E-state index is -0.907. The highest BCUT2D eigenvalue weighted by atomic mass is 35.5. The minimum Gasteiger partial charge on any atom is -0.321 e. The molecule has 0 saturated carbocycles. The van der Waals surface area contributed by atoms with Gasteiger partial charge in [-0.3, -0.25) is 4.79 Å². The number of amides is 1. The monoisotopic (exact) mass is 262 g/mol. The lowest BCUT2D eigenvalue weighted by Gasteiger charge is -2.23. The van der Waals surface area contributed by atoms with Gasteiger partial charge in [-0.2, -0.15) is 0 Å². The first-order valence-electron chi connectivity index (χ1n) is 4.93. The molecule has 0 heterocycles. The molecular weight excluding hydrogens is 250 g/mol. The second-order valence-corrected chi connectivity index (χ2v) is 4.48. The molecule has 0 radical (unpaired) electrons. The number of halogens is 3. The molecule has 1 aromatic rings. The van der Waals surface area contributed by atoms with Gasteiger partial charge in [0.15, 0.2) is 5.82 Å². The summed E-state index contributed by atoms with van der Waals surface area (Å²) < 4.78 is 26.2. The number of likely N-dealkylation sites (N-methyl/N-ethyl adjacent to an activating group) is 1. The van der Waals surface area contributed by atoms with Gasteiger partial charge >= 0.3 is 0 Å². The molecule has 2 N–H and O–H groups in total. The van der Waals surface area contributed by atoms with Crippen molar-refractivity contribution in [1.82, 2.24) is 5.32 Å². The van der Waals surface area contributed by atoms with E-state index in [1.165, 1.54) is 0 Å². The second kappa shape index (κ2) is 4.98. The van der Waals surface area contributed by atoms with E-state index in [9.17, 15) is 13.6 Å². The molecular formula is C11H13ClF2N2O. The Balaban J connectivity index is 3.01. The summed E-state index contributed by atoms with van der Waals surface area (Å²) in [6.45, 7) is 3.25. The summed E-state index contributed by atoms with van der Waals surface area (Å²) in [5.41, 5.74) is -1.11. The Morgan fingerprint density at radius 1 is 1.35 bits per heavy atom. The summed E-state index contributed by atoms with van der Waals surface area (Å²) in [4.78, 5) is 11.8. The van der Waals surface area contributed by atoms with E-state index in [1.54, 1.807) is 20.9 Å². The molecule has 0 bridgehead atoms. The largest absolute Gasteiger partial charge is 0.321 e. The molecule has 0 saturated heterocycles. The average Bonchev–Trinajstić information content (AvgIpc) is 2.22. The van der Waals surface area contributed by atoms with Crippen molar-refractivity contribution in [2.75, 3.05) is 12.4 Å². The number of hydrogen-bond donors (Lipinski definition) is 2. The van der Waals surface area contributed by atoms with Crippen molar-refractivity contribution >= 4 is 23.2 Å². The molecule has 0 aromatic heterocycles. The smallest absolute Gasteiger partial charge is 0.244 e. The van der Waals surface area contributed by atoms with Crippen LogP contribution in [-0.2, 0) is 4.79 Å². The number of benzene rings is 1. The molecule has 0 spiro atoms. The highest BCUT2D eigenvalue weighted by Crippen LogP contribution is 2.27. The topological polar surface area (TPSA) is 41.1 Å². The first-order valence-corrected chi connectivity index (χ1v) is 5.30. The number of carbonyl (C=O) groups is 1. The van der Waals surface area contributed by atoms with Crippen LogP contribution in [0.15, 0.2) is 12.1 Å². The fourth-order valence-corrected chi connectivity index (χ4v) is 1.29. The van der Waals surface area contributed by atoms with Crippen LogP contribution >= 0.6 is 11.6 Å². The van der Waals surface area contributed by atoms with Gasteiger partial charge in [0.1, 0.15) is 5.82 Å². The maximum atomic E-state index is 13.4. The number of anilines is 1. The van der Waals surface area contributed by atoms with Gasteiger partial charge < -0.3 is 10.6 Å². The standard InChI is InChI=1S/C11H13ClF2N2O/c1-11(2,15-3)10(17)16-9-7(12)4-6(13)5-8(9)14/h4-5,15H,1-3H3,(H,16,17). The molecule has 3 nitrogen and oxygen atoms in total. The SMILES string of the molecule is CNC(C)(C)C(=O)Nc1c(F)cc(F)cc1Cl. The zero-order chi connectivity index (χ0) is 13.2. The van der Waals surface area contributed by atoms with Gasteiger partial charge in [0.2, 0.25) is 5.91 Å². The molecule has 0 aliphatic carbocycles. The lowest BCUT2D eigenvalue weighted by Crippen LogP contribution is -2.48. The van der Waals surface area contributed by atoms with Crippen molar-refractivity contribution in [3.63, 3.8) is 0 Å². The van der Waals surface area contributed by atoms with Crippen LogP contribution in [0, 0.1) is 11.6 Å². The first-order chi connectivity index (χ1) is 7.77. The molecule has 0 atom stereocenters. The molecule has 1 amide bonds. The van der Waals surface area contributed by atoms with Gasteiger partial charge in [0.25, 0.3) is 0 Å². The fourth-order valence-electron chi connectivity index (χ4n) is 1.04. The number of rotatable bonds is 3. The van der Waals surface area contributed by atoms with Crippen molar-refractivity contribution in [3.8, 4) is 0 Å². The van der Waals surface area contributed by atoms with Crippen LogP contribution in [0.25, 0.3) is 0 Å². The van der Waals surface area contributed by atoms with Crippen LogP contribution in [0.2, 0.25) is 5.02 Å². The third-order valence-electron chi connectivity index (χ3n) is 2.44. The van der Waals surface area contributed by atoms with E-state index < -0.39 is 23.1 Å². The quantitative estimate of drug-likeness (QED) is 0.879. The molecule has 6 heteroatoms. The Morgan fingerprint density at radius 2 is 1.94 bits per heavy atom. The number of hydrogen-bond acceptors (Lipinski definition) is 2. The molecule has 0 aliphatic rings. The Morgan fingerprint density at radius 3 is 2.41 bits per heavy atom. The van der Waals surface area contributed by atoms with E-state index in [2.05, 4.69) is 10.6 Å². The lowest BCUT2D eigenvalue weighted by molar-refractivity contribution is -0.121. The van der Waals surface area contributed by atoms with Crippen LogP contribution in [0.5, 0.6) is 0 Å². The van der Waals surface area contributed by atoms with E-state index in [0.29, 0.717) is 6.07 Å². The summed E-state index contributed by atoms with van der Waals surface area (Å²) >= 11 is 5.66. The zero-order valence-corrected chi connectivity index (χ0v) is 10.5. The number of nitrogens with one attached hydrogen (secondary N) is 2. The summed E-state index contributed by atoms with van der Waals surface area (Å²) in [5.74, 6) is -2.17. The first kappa shape index (κ1) is 13.9. The highest BCUT2D eigenvalue weighted by molar-refractivity contribution is 6.33. The van der Waals surface area contributed by atoms with Gasteiger partial charge in [0.05, 0.1) is 16.2 Å². The predicted octanol–water partition coefficient (Wildman–Crippen LogP) is 2.55. The third kappa shape index (κ3) is 3.14. The van der Waals surface area contributed by atoms with Gasteiger partial charge in [-0.25, -0.2) is 8.78 Å². The summed E-state index contributed by atoms with van der Waals surface area (Å²) in [7, 11) is 1.60. The molecule has 0 unspecified atom stereocenters. The molecule has 1 rings (SSSR count). The van der Waals surface area contributed by atoms with Crippen LogP contribution in [0.3, 0.4) is 0 Å². The maximum Gasteiger partial charge on any atom is 0.244 e. The molecule has 0 aliphatic heterocycles. The average molecular weight is 263 g/mol. The normalized spacial score (nSPS) is 11.4. The minimum absolute atomic E-state index is 0.178. The van der Waals surface area contributed by atoms with Crippen LogP contribution in [0.1, 0.15) is 13.8 Å². The van der Waals surface area contributed by atoms with Crippen molar-refractivity contribution in [2.24, 2.45) is 0 Å². The molecule has 17 heavy (non-hydrogen) atoms. The van der Waals surface area contributed by atoms with E-state index in [0.717, 1.165) is 6.07 Å². The van der Waals surface area contributed by atoms with Gasteiger partial charge in [-0.1, -0.05) is 11.6 Å². The summed E-state index contributed by atoms with van der Waals surface area (Å²) in [5, 5.41) is 4.90. The van der Waals surface area contributed by atoms with Crippen LogP contribution < -0.4 is 10.6 Å². The maximum absolute atomic E-state index is 13.4. The Bertz CT molecular complexity index is 426. The van der Waals surface area contributed by atoms with Gasteiger partial charge in [-0.05, 0) is 27.0 Å². The number of carbonyl (C=O) groups excluding carboxylic acids is 1. The lowest BCUT2D eigenvalue weighted by atomic mass is 10.1. The van der Waals surface area contributed by atoms with Crippen LogP contribution in [-0.4, -0.2) is 18.5 Å². The summed E-state index contributed by atoms with van der Waals surface area (Å²) in [6.07, 6.45) is 0. The van der Waals surface area contributed by atoms with Crippen molar-refractivity contribution < 1.29 is 13.6 Å². The fraction of sp³-hybridized carbons (Fsp3) is 0.364. The zero-order valence-electron chi connectivity index (χ0n) is 9.70. The Kier molecular flexibility index (Phi) is 4.06. The van der Waals surface area contributed by atoms with E-state index in [1.807, 2.05) is 0 Å². The highest BCUT2D eigenvalue weighted by Gasteiger charge is 2.26. The second-order valence-electron chi connectivity index (χ2n) is 4.07. The van der Waals surface area contributed by atoms with E-state index >= 15 is 0 Å². The van der Waals surface area contributed by atoms with E-state index in [-0.39, 0.29) is 10.7 Å². The van der Waals surface area contributed by atoms with Crippen LogP contribution in [0.4, 0.5) is 14.5 Å². The van der Waals surface area contributed by atoms with Crippen molar-refractivity contribution in [1.29, 1.82) is 0 Å². The predicted molar refractivity (Wildman–Crippen MR) is 63.1 cm³/mol. The molecule has 0 fully saturated rings. The van der Waals surface area contributed by atoms with Crippen molar-refractivity contribution in [3.05, 3.63) is 28.8 Å². The summed E-state index contributed by atoms with van der Waals surface area (Å²) in [6, 6.07) is 1.60. The Labute approximate surface area is 103 Å². The Hall–Kier alpha value is -1.20. The third-order valence-corrected chi connectivity index (χ3v) is 2.74. The van der Waals surface area contributed by atoms with E-state index in [4.69, 9.17) is 11.6 Å². The molecule has 1 aromatic carbocycles.